The van der Waals surface area contributed by atoms with Crippen LogP contribution in [0.5, 0.6) is 0 Å². The number of carbonyl (C=O) groups is 2. The fourth-order valence-electron chi connectivity index (χ4n) is 6.89. The quantitative estimate of drug-likeness (QED) is 0.0347. The van der Waals surface area contributed by atoms with E-state index in [1.165, 1.54) is 116 Å². The second kappa shape index (κ2) is 50.7. The van der Waals surface area contributed by atoms with Crippen LogP contribution in [0.2, 0.25) is 0 Å². The maximum Gasteiger partial charge on any atom is 0.306 e. The van der Waals surface area contributed by atoms with Gasteiger partial charge in [-0.25, -0.2) is 0 Å². The van der Waals surface area contributed by atoms with Crippen molar-refractivity contribution in [2.75, 3.05) is 19.8 Å². The number of hydrogen-bond acceptors (Lipinski definition) is 5. The molecule has 0 aromatic carbocycles. The molecule has 0 aliphatic heterocycles. The summed E-state index contributed by atoms with van der Waals surface area (Å²) in [5.41, 5.74) is 0. The molecule has 0 rings (SSSR count). The predicted molar refractivity (Wildman–Crippen MR) is 260 cm³/mol. The third-order valence-electron chi connectivity index (χ3n) is 10.7. The SMILES string of the molecule is CC/C=C\C/C=C\C/C=C\CCCCCCCCOCC(COC(=O)CCCCCCCCC/C=C\C/C=C\CCCCC)OC(=O)CCCCCCC/C=C\CCCC. The Morgan fingerprint density at radius 2 is 0.767 bits per heavy atom. The number of allylic oxidation sites excluding steroid dienone is 12. The first kappa shape index (κ1) is 57.3. The summed E-state index contributed by atoms with van der Waals surface area (Å²) >= 11 is 0. The van der Waals surface area contributed by atoms with Crippen molar-refractivity contribution in [3.8, 4) is 0 Å². The second-order valence-electron chi connectivity index (χ2n) is 16.7. The van der Waals surface area contributed by atoms with Crippen molar-refractivity contribution in [1.82, 2.24) is 0 Å². The molecule has 0 N–H and O–H groups in total. The highest BCUT2D eigenvalue weighted by atomic mass is 16.6. The van der Waals surface area contributed by atoms with Crippen molar-refractivity contribution in [2.24, 2.45) is 0 Å². The van der Waals surface area contributed by atoms with E-state index in [9.17, 15) is 9.59 Å². The fraction of sp³-hybridized carbons (Fsp3) is 0.745. The molecule has 1 atom stereocenters. The van der Waals surface area contributed by atoms with Gasteiger partial charge in [0.1, 0.15) is 6.61 Å². The molecule has 0 fully saturated rings. The van der Waals surface area contributed by atoms with Gasteiger partial charge in [0.25, 0.3) is 0 Å². The van der Waals surface area contributed by atoms with Crippen LogP contribution in [0.1, 0.15) is 239 Å². The molecule has 0 saturated carbocycles. The van der Waals surface area contributed by atoms with Crippen molar-refractivity contribution < 1.29 is 23.8 Å². The monoisotopic (exact) mass is 837 g/mol. The Balaban J connectivity index is 4.28. The van der Waals surface area contributed by atoms with E-state index in [1.54, 1.807) is 0 Å². The summed E-state index contributed by atoms with van der Waals surface area (Å²) in [7, 11) is 0. The van der Waals surface area contributed by atoms with E-state index in [1.807, 2.05) is 0 Å². The Kier molecular flexibility index (Phi) is 48.4. The summed E-state index contributed by atoms with van der Waals surface area (Å²) in [4.78, 5) is 25.3. The Hall–Kier alpha value is -2.66. The lowest BCUT2D eigenvalue weighted by Gasteiger charge is -2.18. The van der Waals surface area contributed by atoms with Gasteiger partial charge in [0.05, 0.1) is 6.61 Å². The van der Waals surface area contributed by atoms with Gasteiger partial charge >= 0.3 is 11.9 Å². The van der Waals surface area contributed by atoms with E-state index < -0.39 is 6.10 Å². The smallest absolute Gasteiger partial charge is 0.306 e. The van der Waals surface area contributed by atoms with Crippen molar-refractivity contribution in [3.05, 3.63) is 72.9 Å². The van der Waals surface area contributed by atoms with E-state index in [2.05, 4.69) is 93.7 Å². The summed E-state index contributed by atoms with van der Waals surface area (Å²) in [5, 5.41) is 0. The van der Waals surface area contributed by atoms with Gasteiger partial charge in [-0.1, -0.05) is 196 Å². The predicted octanol–water partition coefficient (Wildman–Crippen LogP) is 17.1. The molecular weight excluding hydrogens is 741 g/mol. The largest absolute Gasteiger partial charge is 0.462 e. The number of carbonyl (C=O) groups excluding carboxylic acids is 2. The van der Waals surface area contributed by atoms with Crippen molar-refractivity contribution in [2.45, 2.75) is 245 Å². The van der Waals surface area contributed by atoms with E-state index in [-0.39, 0.29) is 25.2 Å². The fourth-order valence-corrected chi connectivity index (χ4v) is 6.89. The van der Waals surface area contributed by atoms with Crippen LogP contribution in [0.3, 0.4) is 0 Å². The molecule has 0 aromatic rings. The molecule has 5 heteroatoms. The lowest BCUT2D eigenvalue weighted by molar-refractivity contribution is -0.163. The number of ether oxygens (including phenoxy) is 3. The molecule has 0 aliphatic rings. The molecular formula is C55H96O5. The summed E-state index contributed by atoms with van der Waals surface area (Å²) in [5.74, 6) is -0.423. The molecule has 0 aromatic heterocycles. The van der Waals surface area contributed by atoms with Crippen molar-refractivity contribution in [3.63, 3.8) is 0 Å². The van der Waals surface area contributed by atoms with E-state index in [4.69, 9.17) is 14.2 Å². The van der Waals surface area contributed by atoms with Gasteiger partial charge < -0.3 is 14.2 Å². The normalized spacial score (nSPS) is 12.8. The molecule has 5 nitrogen and oxygen atoms in total. The van der Waals surface area contributed by atoms with E-state index in [0.29, 0.717) is 19.4 Å². The molecule has 1 unspecified atom stereocenters. The first-order valence-corrected chi connectivity index (χ1v) is 25.5. The minimum absolute atomic E-state index is 0.0705. The lowest BCUT2D eigenvalue weighted by Crippen LogP contribution is -2.30. The molecule has 0 aliphatic carbocycles. The van der Waals surface area contributed by atoms with Gasteiger partial charge in [-0.2, -0.15) is 0 Å². The molecule has 0 heterocycles. The van der Waals surface area contributed by atoms with Crippen LogP contribution in [-0.2, 0) is 23.8 Å². The molecule has 0 spiro atoms. The van der Waals surface area contributed by atoms with Crippen LogP contribution in [0, 0.1) is 0 Å². The molecule has 346 valence electrons. The number of unbranched alkanes of at least 4 members (excludes halogenated alkanes) is 23. The van der Waals surface area contributed by atoms with Gasteiger partial charge in [-0.3, -0.25) is 9.59 Å². The Morgan fingerprint density at radius 3 is 1.27 bits per heavy atom. The van der Waals surface area contributed by atoms with E-state index >= 15 is 0 Å². The highest BCUT2D eigenvalue weighted by molar-refractivity contribution is 5.70. The average Bonchev–Trinajstić information content (AvgIpc) is 3.25. The number of rotatable bonds is 46. The summed E-state index contributed by atoms with van der Waals surface area (Å²) in [6.45, 7) is 7.62. The van der Waals surface area contributed by atoms with Gasteiger partial charge in [0.15, 0.2) is 6.10 Å². The highest BCUT2D eigenvalue weighted by Crippen LogP contribution is 2.13. The molecule has 0 saturated heterocycles. The van der Waals surface area contributed by atoms with Crippen LogP contribution < -0.4 is 0 Å². The maximum absolute atomic E-state index is 12.8. The van der Waals surface area contributed by atoms with E-state index in [0.717, 1.165) is 89.9 Å². The summed E-state index contributed by atoms with van der Waals surface area (Å²) in [6, 6.07) is 0. The number of esters is 2. The zero-order valence-corrected chi connectivity index (χ0v) is 39.7. The van der Waals surface area contributed by atoms with Gasteiger partial charge in [-0.15, -0.1) is 0 Å². The average molecular weight is 837 g/mol. The zero-order chi connectivity index (χ0) is 43.5. The molecule has 0 bridgehead atoms. The van der Waals surface area contributed by atoms with Crippen LogP contribution >= 0.6 is 0 Å². The van der Waals surface area contributed by atoms with Crippen molar-refractivity contribution in [1.29, 1.82) is 0 Å². The Labute approximate surface area is 372 Å². The lowest BCUT2D eigenvalue weighted by atomic mass is 10.1. The van der Waals surface area contributed by atoms with Gasteiger partial charge in [0, 0.05) is 19.4 Å². The van der Waals surface area contributed by atoms with Crippen LogP contribution in [0.25, 0.3) is 0 Å². The summed E-state index contributed by atoms with van der Waals surface area (Å²) in [6.07, 6.45) is 64.8. The van der Waals surface area contributed by atoms with Crippen LogP contribution in [0.15, 0.2) is 72.9 Å². The molecule has 60 heavy (non-hydrogen) atoms. The van der Waals surface area contributed by atoms with Crippen LogP contribution in [-0.4, -0.2) is 37.9 Å². The Bertz CT molecular complexity index is 1080. The first-order valence-electron chi connectivity index (χ1n) is 25.5. The number of hydrogen-bond donors (Lipinski definition) is 0. The maximum atomic E-state index is 12.8. The van der Waals surface area contributed by atoms with Gasteiger partial charge in [0.2, 0.25) is 0 Å². The third kappa shape index (κ3) is 48.0. The van der Waals surface area contributed by atoms with Gasteiger partial charge in [-0.05, 0) is 103 Å². The second-order valence-corrected chi connectivity index (χ2v) is 16.7. The first-order chi connectivity index (χ1) is 29.6. The minimum Gasteiger partial charge on any atom is -0.462 e. The standard InChI is InChI=1S/C55H96O5/c1-4-7-10-13-16-19-22-24-26-28-29-31-34-36-39-42-45-48-54(56)59-52-53(60-55(57)49-46-43-40-37-33-21-18-15-12-9-6-3)51-58-50-47-44-41-38-35-32-30-27-25-23-20-17-14-11-8-5-2/h8,11,15-20,24-27,53H,4-7,9-10,12-14,21-23,28-52H2,1-3H3/b11-8-,18-15-,19-16-,20-17-,26-24-,27-25-. The van der Waals surface area contributed by atoms with Crippen LogP contribution in [0.4, 0.5) is 0 Å². The molecule has 0 amide bonds. The van der Waals surface area contributed by atoms with Crippen molar-refractivity contribution >= 4 is 11.9 Å². The molecule has 0 radical (unpaired) electrons. The summed E-state index contributed by atoms with van der Waals surface area (Å²) < 4.78 is 17.4. The topological polar surface area (TPSA) is 61.8 Å². The highest BCUT2D eigenvalue weighted by Gasteiger charge is 2.17. The zero-order valence-electron chi connectivity index (χ0n) is 39.7. The Morgan fingerprint density at radius 1 is 0.383 bits per heavy atom. The minimum atomic E-state index is -0.552. The third-order valence-corrected chi connectivity index (χ3v) is 10.7.